The van der Waals surface area contributed by atoms with Crippen molar-refractivity contribution in [1.82, 2.24) is 0 Å². The maximum Gasteiger partial charge on any atom is 0.310 e. The molecule has 2 N–H and O–H groups in total. The highest BCUT2D eigenvalue weighted by Crippen LogP contribution is 2.60. The number of rotatable bonds is 2. The molecular formula is C12H18O3. The van der Waals surface area contributed by atoms with E-state index in [1.54, 1.807) is 0 Å². The van der Waals surface area contributed by atoms with Crippen molar-refractivity contribution in [3.8, 4) is 0 Å². The first kappa shape index (κ1) is 9.64. The van der Waals surface area contributed by atoms with Crippen LogP contribution < -0.4 is 0 Å². The van der Waals surface area contributed by atoms with Gasteiger partial charge in [-0.3, -0.25) is 4.79 Å². The van der Waals surface area contributed by atoms with Crippen molar-refractivity contribution in [2.45, 2.75) is 44.6 Å². The van der Waals surface area contributed by atoms with Crippen LogP contribution in [-0.4, -0.2) is 22.3 Å². The Bertz CT molecular complexity index is 293. The predicted octanol–water partition coefficient (Wildman–Crippen LogP) is 1.65. The highest BCUT2D eigenvalue weighted by molar-refractivity contribution is 5.76. The first-order chi connectivity index (χ1) is 7.12. The fourth-order valence-electron chi connectivity index (χ4n) is 4.34. The summed E-state index contributed by atoms with van der Waals surface area (Å²) in [4.78, 5) is 11.4. The molecule has 0 aromatic heterocycles. The Morgan fingerprint density at radius 1 is 1.20 bits per heavy atom. The van der Waals surface area contributed by atoms with Gasteiger partial charge in [0, 0.05) is 0 Å². The summed E-state index contributed by atoms with van der Waals surface area (Å²) in [5, 5.41) is 18.8. The van der Waals surface area contributed by atoms with E-state index < -0.39 is 11.4 Å². The van der Waals surface area contributed by atoms with Gasteiger partial charge in [-0.05, 0) is 49.9 Å². The van der Waals surface area contributed by atoms with Crippen LogP contribution in [0.1, 0.15) is 38.5 Å². The summed E-state index contributed by atoms with van der Waals surface area (Å²) in [6.07, 6.45) is 5.51. The van der Waals surface area contributed by atoms with Crippen molar-refractivity contribution < 1.29 is 15.0 Å². The van der Waals surface area contributed by atoms with E-state index in [-0.39, 0.29) is 6.10 Å². The molecule has 3 aliphatic rings. The van der Waals surface area contributed by atoms with Crippen LogP contribution in [0.3, 0.4) is 0 Å². The molecule has 0 spiro atoms. The fraction of sp³-hybridized carbons (Fsp3) is 0.917. The summed E-state index contributed by atoms with van der Waals surface area (Å²) in [6.45, 7) is 0. The first-order valence-electron chi connectivity index (χ1n) is 6.03. The highest BCUT2D eigenvalue weighted by Gasteiger charge is 2.60. The number of carboxylic acid groups (broad SMARTS) is 1. The third-order valence-electron chi connectivity index (χ3n) is 5.07. The summed E-state index contributed by atoms with van der Waals surface area (Å²) in [5.74, 6) is 1.12. The Hall–Kier alpha value is -0.570. The van der Waals surface area contributed by atoms with Crippen LogP contribution in [-0.2, 0) is 4.79 Å². The van der Waals surface area contributed by atoms with Crippen molar-refractivity contribution in [3.05, 3.63) is 0 Å². The third-order valence-corrected chi connectivity index (χ3v) is 5.07. The number of aliphatic carboxylic acids is 1. The van der Waals surface area contributed by atoms with E-state index in [2.05, 4.69) is 0 Å². The molecule has 0 aromatic rings. The molecule has 3 unspecified atom stereocenters. The minimum absolute atomic E-state index is 0.358. The minimum atomic E-state index is -0.662. The topological polar surface area (TPSA) is 57.5 Å². The van der Waals surface area contributed by atoms with E-state index in [4.69, 9.17) is 0 Å². The lowest BCUT2D eigenvalue weighted by molar-refractivity contribution is -0.174. The molecule has 3 saturated carbocycles. The van der Waals surface area contributed by atoms with Gasteiger partial charge in [0.15, 0.2) is 0 Å². The zero-order chi connectivity index (χ0) is 10.6. The zero-order valence-corrected chi connectivity index (χ0v) is 8.85. The molecule has 0 aromatic carbocycles. The standard InChI is InChI=1S/C12H18O3/c13-9-5-12(6-9,11(14)15)10-4-7-1-2-8(10)3-7/h7-10,13H,1-6H2,(H,14,15). The zero-order valence-electron chi connectivity index (χ0n) is 8.85. The van der Waals surface area contributed by atoms with Crippen molar-refractivity contribution >= 4 is 5.97 Å². The maximum absolute atomic E-state index is 11.4. The normalized spacial score (nSPS) is 52.9. The van der Waals surface area contributed by atoms with Crippen LogP contribution in [0.5, 0.6) is 0 Å². The van der Waals surface area contributed by atoms with E-state index in [1.807, 2.05) is 0 Å². The maximum atomic E-state index is 11.4. The summed E-state index contributed by atoms with van der Waals surface area (Å²) in [5.41, 5.74) is -0.556. The average molecular weight is 210 g/mol. The SMILES string of the molecule is O=C(O)C1(C2CC3CCC2C3)CC(O)C1. The number of carbonyl (C=O) groups is 1. The Morgan fingerprint density at radius 3 is 2.33 bits per heavy atom. The Kier molecular flexibility index (Phi) is 1.91. The molecule has 3 atom stereocenters. The van der Waals surface area contributed by atoms with Gasteiger partial charge in [0.1, 0.15) is 0 Å². The van der Waals surface area contributed by atoms with E-state index in [0.717, 1.165) is 12.3 Å². The van der Waals surface area contributed by atoms with Gasteiger partial charge in [-0.25, -0.2) is 0 Å². The van der Waals surface area contributed by atoms with Gasteiger partial charge in [-0.1, -0.05) is 6.42 Å². The molecule has 0 radical (unpaired) electrons. The van der Waals surface area contributed by atoms with Crippen molar-refractivity contribution in [2.75, 3.05) is 0 Å². The summed E-state index contributed by atoms with van der Waals surface area (Å²) >= 11 is 0. The summed E-state index contributed by atoms with van der Waals surface area (Å²) < 4.78 is 0. The third kappa shape index (κ3) is 1.19. The second-order valence-electron chi connectivity index (χ2n) is 5.80. The van der Waals surface area contributed by atoms with Crippen LogP contribution in [0.15, 0.2) is 0 Å². The number of hydrogen-bond acceptors (Lipinski definition) is 2. The molecular weight excluding hydrogens is 192 g/mol. The molecule has 3 nitrogen and oxygen atoms in total. The van der Waals surface area contributed by atoms with Crippen LogP contribution >= 0.6 is 0 Å². The van der Waals surface area contributed by atoms with E-state index >= 15 is 0 Å². The number of aliphatic hydroxyl groups is 1. The quantitative estimate of drug-likeness (QED) is 0.728. The van der Waals surface area contributed by atoms with E-state index in [1.165, 1.54) is 19.3 Å². The number of fused-ring (bicyclic) bond motifs is 2. The van der Waals surface area contributed by atoms with Gasteiger partial charge in [-0.15, -0.1) is 0 Å². The van der Waals surface area contributed by atoms with Gasteiger partial charge in [0.25, 0.3) is 0 Å². The number of carboxylic acids is 1. The van der Waals surface area contributed by atoms with Crippen LogP contribution in [0.2, 0.25) is 0 Å². The van der Waals surface area contributed by atoms with Gasteiger partial charge in [0.2, 0.25) is 0 Å². The number of hydrogen-bond donors (Lipinski definition) is 2. The van der Waals surface area contributed by atoms with Crippen molar-refractivity contribution in [3.63, 3.8) is 0 Å². The van der Waals surface area contributed by atoms with Crippen LogP contribution in [0, 0.1) is 23.2 Å². The summed E-state index contributed by atoms with van der Waals surface area (Å²) in [6, 6.07) is 0. The second-order valence-corrected chi connectivity index (χ2v) is 5.80. The Balaban J connectivity index is 1.82. The molecule has 0 heterocycles. The molecule has 84 valence electrons. The predicted molar refractivity (Wildman–Crippen MR) is 54.2 cm³/mol. The molecule has 0 saturated heterocycles. The molecule has 0 aliphatic heterocycles. The first-order valence-corrected chi connectivity index (χ1v) is 6.03. The molecule has 3 aliphatic carbocycles. The monoisotopic (exact) mass is 210 g/mol. The lowest BCUT2D eigenvalue weighted by Crippen LogP contribution is -2.53. The largest absolute Gasteiger partial charge is 0.481 e. The number of aliphatic hydroxyl groups excluding tert-OH is 1. The lowest BCUT2D eigenvalue weighted by Gasteiger charge is -2.48. The van der Waals surface area contributed by atoms with E-state index in [9.17, 15) is 15.0 Å². The smallest absolute Gasteiger partial charge is 0.310 e. The van der Waals surface area contributed by atoms with Crippen LogP contribution in [0.4, 0.5) is 0 Å². The van der Waals surface area contributed by atoms with Gasteiger partial charge < -0.3 is 10.2 Å². The fourth-order valence-corrected chi connectivity index (χ4v) is 4.34. The average Bonchev–Trinajstić information content (AvgIpc) is 2.72. The van der Waals surface area contributed by atoms with Gasteiger partial charge >= 0.3 is 5.97 Å². The molecule has 3 rings (SSSR count). The molecule has 15 heavy (non-hydrogen) atoms. The van der Waals surface area contributed by atoms with Gasteiger partial charge in [-0.2, -0.15) is 0 Å². The lowest BCUT2D eigenvalue weighted by atomic mass is 9.56. The molecule has 2 bridgehead atoms. The van der Waals surface area contributed by atoms with Crippen molar-refractivity contribution in [2.24, 2.45) is 23.2 Å². The molecule has 0 amide bonds. The molecule has 3 heteroatoms. The summed E-state index contributed by atoms with van der Waals surface area (Å²) in [7, 11) is 0. The Labute approximate surface area is 89.5 Å². The van der Waals surface area contributed by atoms with Crippen LogP contribution in [0.25, 0.3) is 0 Å². The minimum Gasteiger partial charge on any atom is -0.481 e. The molecule has 3 fully saturated rings. The van der Waals surface area contributed by atoms with E-state index in [0.29, 0.717) is 24.7 Å². The van der Waals surface area contributed by atoms with Crippen molar-refractivity contribution in [1.29, 1.82) is 0 Å². The Morgan fingerprint density at radius 2 is 1.93 bits per heavy atom. The highest BCUT2D eigenvalue weighted by atomic mass is 16.4. The van der Waals surface area contributed by atoms with Gasteiger partial charge in [0.05, 0.1) is 11.5 Å². The second kappa shape index (κ2) is 2.97.